The largest absolute Gasteiger partial charge is 0.293 e. The first-order valence-corrected chi connectivity index (χ1v) is 6.05. The van der Waals surface area contributed by atoms with Gasteiger partial charge >= 0.3 is 0 Å². The van der Waals surface area contributed by atoms with Crippen molar-refractivity contribution in [2.75, 3.05) is 7.05 Å². The highest BCUT2D eigenvalue weighted by Gasteiger charge is 2.33. The summed E-state index contributed by atoms with van der Waals surface area (Å²) in [5.74, 6) is 0.262. The molecule has 86 valence electrons. The molecule has 0 saturated heterocycles. The molecule has 1 aliphatic rings. The van der Waals surface area contributed by atoms with Crippen LogP contribution in [0.1, 0.15) is 36.5 Å². The number of benzene rings is 1. The van der Waals surface area contributed by atoms with Crippen LogP contribution in [0.3, 0.4) is 0 Å². The van der Waals surface area contributed by atoms with Crippen LogP contribution in [0.4, 0.5) is 0 Å². The Labute approximate surface area is 97.3 Å². The molecule has 0 N–H and O–H groups in total. The highest BCUT2D eigenvalue weighted by molar-refractivity contribution is 6.00. The molecule has 1 saturated carbocycles. The quantitative estimate of drug-likeness (QED) is 0.707. The SMILES string of the molecule is CCC(C(=O)c1ccccc1)N(C)C1CC1. The van der Waals surface area contributed by atoms with Crippen molar-refractivity contribution in [3.05, 3.63) is 35.9 Å². The maximum Gasteiger partial charge on any atom is 0.179 e. The Kier molecular flexibility index (Phi) is 3.39. The first-order valence-electron chi connectivity index (χ1n) is 6.05. The van der Waals surface area contributed by atoms with Crippen LogP contribution in [0.2, 0.25) is 0 Å². The van der Waals surface area contributed by atoms with E-state index in [1.165, 1.54) is 12.8 Å². The number of nitrogens with zero attached hydrogens (tertiary/aromatic N) is 1. The van der Waals surface area contributed by atoms with Crippen molar-refractivity contribution in [3.63, 3.8) is 0 Å². The van der Waals surface area contributed by atoms with Crippen molar-refractivity contribution < 1.29 is 4.79 Å². The van der Waals surface area contributed by atoms with Crippen LogP contribution in [-0.4, -0.2) is 29.8 Å². The number of ketones is 1. The molecule has 0 aliphatic heterocycles. The summed E-state index contributed by atoms with van der Waals surface area (Å²) < 4.78 is 0. The second-order valence-corrected chi connectivity index (χ2v) is 4.55. The zero-order chi connectivity index (χ0) is 11.5. The van der Waals surface area contributed by atoms with Crippen molar-refractivity contribution in [1.29, 1.82) is 0 Å². The Balaban J connectivity index is 2.12. The zero-order valence-corrected chi connectivity index (χ0v) is 10.0. The van der Waals surface area contributed by atoms with E-state index in [9.17, 15) is 4.79 Å². The van der Waals surface area contributed by atoms with Crippen molar-refractivity contribution in [2.24, 2.45) is 0 Å². The van der Waals surface area contributed by atoms with Crippen molar-refractivity contribution in [1.82, 2.24) is 4.90 Å². The molecule has 0 bridgehead atoms. The molecular formula is C14H19NO. The predicted octanol–water partition coefficient (Wildman–Crippen LogP) is 2.74. The second-order valence-electron chi connectivity index (χ2n) is 4.55. The van der Waals surface area contributed by atoms with Crippen LogP contribution < -0.4 is 0 Å². The summed E-state index contributed by atoms with van der Waals surface area (Å²) in [5.41, 5.74) is 0.835. The summed E-state index contributed by atoms with van der Waals surface area (Å²) >= 11 is 0. The van der Waals surface area contributed by atoms with Crippen LogP contribution in [0, 0.1) is 0 Å². The Morgan fingerprint density at radius 2 is 2.00 bits per heavy atom. The van der Waals surface area contributed by atoms with Gasteiger partial charge in [0.1, 0.15) is 0 Å². The van der Waals surface area contributed by atoms with Gasteiger partial charge in [-0.25, -0.2) is 0 Å². The van der Waals surface area contributed by atoms with Gasteiger partial charge in [-0.3, -0.25) is 9.69 Å². The predicted molar refractivity (Wildman–Crippen MR) is 65.6 cm³/mol. The second kappa shape index (κ2) is 4.79. The van der Waals surface area contributed by atoms with Gasteiger partial charge in [-0.15, -0.1) is 0 Å². The Hall–Kier alpha value is -1.15. The minimum atomic E-state index is 0.0508. The van der Waals surface area contributed by atoms with Gasteiger partial charge in [-0.05, 0) is 26.3 Å². The summed E-state index contributed by atoms with van der Waals surface area (Å²) in [6.45, 7) is 2.09. The zero-order valence-electron chi connectivity index (χ0n) is 10.0. The van der Waals surface area contributed by atoms with Gasteiger partial charge in [0.25, 0.3) is 0 Å². The van der Waals surface area contributed by atoms with Crippen molar-refractivity contribution in [2.45, 2.75) is 38.3 Å². The maximum atomic E-state index is 12.3. The van der Waals surface area contributed by atoms with E-state index in [-0.39, 0.29) is 11.8 Å². The smallest absolute Gasteiger partial charge is 0.179 e. The van der Waals surface area contributed by atoms with Gasteiger partial charge in [0.15, 0.2) is 5.78 Å². The lowest BCUT2D eigenvalue weighted by Crippen LogP contribution is -2.39. The number of hydrogen-bond donors (Lipinski definition) is 0. The number of carbonyl (C=O) groups excluding carboxylic acids is 1. The Morgan fingerprint density at radius 3 is 2.50 bits per heavy atom. The maximum absolute atomic E-state index is 12.3. The molecule has 1 aromatic rings. The summed E-state index contributed by atoms with van der Waals surface area (Å²) in [7, 11) is 2.08. The molecule has 1 atom stereocenters. The average Bonchev–Trinajstić information content (AvgIpc) is 3.14. The lowest BCUT2D eigenvalue weighted by molar-refractivity contribution is 0.0837. The fraction of sp³-hybridized carbons (Fsp3) is 0.500. The minimum absolute atomic E-state index is 0.0508. The van der Waals surface area contributed by atoms with Crippen LogP contribution in [0.25, 0.3) is 0 Å². The molecule has 1 fully saturated rings. The first-order chi connectivity index (χ1) is 7.74. The van der Waals surface area contributed by atoms with Gasteiger partial charge in [-0.2, -0.15) is 0 Å². The number of rotatable bonds is 5. The molecule has 0 heterocycles. The fourth-order valence-corrected chi connectivity index (χ4v) is 2.19. The molecule has 1 unspecified atom stereocenters. The fourth-order valence-electron chi connectivity index (χ4n) is 2.19. The van der Waals surface area contributed by atoms with Crippen LogP contribution in [0.5, 0.6) is 0 Å². The molecule has 0 radical (unpaired) electrons. The summed E-state index contributed by atoms with van der Waals surface area (Å²) in [5, 5.41) is 0. The van der Waals surface area contributed by atoms with Gasteiger partial charge in [0, 0.05) is 11.6 Å². The van der Waals surface area contributed by atoms with Crippen LogP contribution >= 0.6 is 0 Å². The molecule has 0 amide bonds. The molecule has 2 nitrogen and oxygen atoms in total. The monoisotopic (exact) mass is 217 g/mol. The average molecular weight is 217 g/mol. The molecular weight excluding hydrogens is 198 g/mol. The van der Waals surface area contributed by atoms with E-state index in [2.05, 4.69) is 18.9 Å². The first kappa shape index (κ1) is 11.3. The molecule has 1 aliphatic carbocycles. The number of Topliss-reactive ketones (excluding diaryl/α,β-unsaturated/α-hetero) is 1. The van der Waals surface area contributed by atoms with Gasteiger partial charge in [0.05, 0.1) is 6.04 Å². The van der Waals surface area contributed by atoms with E-state index < -0.39 is 0 Å². The summed E-state index contributed by atoms with van der Waals surface area (Å²) in [6, 6.07) is 10.3. The highest BCUT2D eigenvalue weighted by Crippen LogP contribution is 2.28. The molecule has 2 rings (SSSR count). The van der Waals surface area contributed by atoms with Gasteiger partial charge in [0.2, 0.25) is 0 Å². The number of carbonyl (C=O) groups is 1. The van der Waals surface area contributed by atoms with E-state index in [4.69, 9.17) is 0 Å². The van der Waals surface area contributed by atoms with E-state index in [0.29, 0.717) is 6.04 Å². The Bertz CT molecular complexity index is 356. The molecule has 1 aromatic carbocycles. The third-order valence-corrected chi connectivity index (χ3v) is 3.36. The lowest BCUT2D eigenvalue weighted by atomic mass is 10.0. The minimum Gasteiger partial charge on any atom is -0.293 e. The third-order valence-electron chi connectivity index (χ3n) is 3.36. The summed E-state index contributed by atoms with van der Waals surface area (Å²) in [6.07, 6.45) is 3.38. The van der Waals surface area contributed by atoms with Crippen molar-refractivity contribution in [3.8, 4) is 0 Å². The number of likely N-dealkylation sites (N-methyl/N-ethyl adjacent to an activating group) is 1. The van der Waals surface area contributed by atoms with Crippen LogP contribution in [-0.2, 0) is 0 Å². The topological polar surface area (TPSA) is 20.3 Å². The molecule has 0 aromatic heterocycles. The van der Waals surface area contributed by atoms with Gasteiger partial charge in [-0.1, -0.05) is 37.3 Å². The van der Waals surface area contributed by atoms with E-state index in [1.807, 2.05) is 30.3 Å². The highest BCUT2D eigenvalue weighted by atomic mass is 16.1. The third kappa shape index (κ3) is 2.33. The van der Waals surface area contributed by atoms with Crippen LogP contribution in [0.15, 0.2) is 30.3 Å². The van der Waals surface area contributed by atoms with E-state index in [1.54, 1.807) is 0 Å². The van der Waals surface area contributed by atoms with E-state index >= 15 is 0 Å². The summed E-state index contributed by atoms with van der Waals surface area (Å²) in [4.78, 5) is 14.6. The normalized spacial score (nSPS) is 17.4. The molecule has 0 spiro atoms. The van der Waals surface area contributed by atoms with Gasteiger partial charge < -0.3 is 0 Å². The Morgan fingerprint density at radius 1 is 1.38 bits per heavy atom. The van der Waals surface area contributed by atoms with E-state index in [0.717, 1.165) is 12.0 Å². The lowest BCUT2D eigenvalue weighted by Gasteiger charge is -2.25. The molecule has 2 heteroatoms. The number of hydrogen-bond acceptors (Lipinski definition) is 2. The standard InChI is InChI=1S/C14H19NO/c1-3-13(15(2)12-9-10-12)14(16)11-7-5-4-6-8-11/h4-8,12-13H,3,9-10H2,1-2H3. The molecule has 16 heavy (non-hydrogen) atoms. The van der Waals surface area contributed by atoms with Crippen molar-refractivity contribution >= 4 is 5.78 Å².